The van der Waals surface area contributed by atoms with E-state index < -0.39 is 0 Å². The number of quaternary nitrogens is 1. The minimum atomic E-state index is -0.310. The van der Waals surface area contributed by atoms with Crippen molar-refractivity contribution in [3.8, 4) is 5.69 Å². The molecule has 2 aromatic carbocycles. The number of anilines is 1. The summed E-state index contributed by atoms with van der Waals surface area (Å²) in [5, 5.41) is 3.37. The van der Waals surface area contributed by atoms with E-state index >= 15 is 0 Å². The largest absolute Gasteiger partial charge is 0.324 e. The highest BCUT2D eigenvalue weighted by Crippen LogP contribution is 2.19. The van der Waals surface area contributed by atoms with Crippen LogP contribution in [0.3, 0.4) is 0 Å². The molecule has 0 radical (unpaired) electrons. The molecule has 0 fully saturated rings. The Morgan fingerprint density at radius 1 is 1.11 bits per heavy atom. The van der Waals surface area contributed by atoms with E-state index in [2.05, 4.69) is 34.6 Å². The quantitative estimate of drug-likeness (QED) is 0.580. The Hall–Kier alpha value is -2.77. The average Bonchev–Trinajstić information content (AvgIpc) is 2.70. The summed E-state index contributed by atoms with van der Waals surface area (Å²) in [6.07, 6.45) is 2.07. The van der Waals surface area contributed by atoms with Crippen LogP contribution in [-0.2, 0) is 13.0 Å². The highest BCUT2D eigenvalue weighted by atomic mass is 32.1. The molecule has 28 heavy (non-hydrogen) atoms. The van der Waals surface area contributed by atoms with Crippen molar-refractivity contribution in [3.05, 3.63) is 86.7 Å². The van der Waals surface area contributed by atoms with Gasteiger partial charge < -0.3 is 10.2 Å². The second kappa shape index (κ2) is 8.08. The Balaban J connectivity index is 1.54. The van der Waals surface area contributed by atoms with Crippen LogP contribution in [0.25, 0.3) is 5.69 Å². The third-order valence-corrected chi connectivity index (χ3v) is 5.35. The van der Waals surface area contributed by atoms with Gasteiger partial charge in [0.1, 0.15) is 23.7 Å². The molecule has 144 valence electrons. The number of benzene rings is 2. The van der Waals surface area contributed by atoms with Crippen molar-refractivity contribution in [1.29, 1.82) is 0 Å². The number of rotatable bonds is 5. The SMILES string of the molecule is O=c1[nH]c(=S)n(-c2ccc(F)cc2)c2c1C[NH+](CCCc1ccccc1)CN2. The zero-order chi connectivity index (χ0) is 19.5. The molecule has 5 nitrogen and oxygen atoms in total. The first-order valence-corrected chi connectivity index (χ1v) is 9.78. The maximum atomic E-state index is 13.3. The number of H-pyrrole nitrogens is 1. The van der Waals surface area contributed by atoms with Crippen molar-refractivity contribution in [2.45, 2.75) is 19.4 Å². The van der Waals surface area contributed by atoms with E-state index in [1.165, 1.54) is 22.6 Å². The van der Waals surface area contributed by atoms with Crippen molar-refractivity contribution in [1.82, 2.24) is 9.55 Å². The van der Waals surface area contributed by atoms with Gasteiger partial charge in [0.05, 0.1) is 6.54 Å². The summed E-state index contributed by atoms with van der Waals surface area (Å²) < 4.78 is 15.4. The summed E-state index contributed by atoms with van der Waals surface area (Å²) in [4.78, 5) is 16.6. The zero-order valence-corrected chi connectivity index (χ0v) is 16.2. The molecule has 3 N–H and O–H groups in total. The smallest absolute Gasteiger partial charge is 0.262 e. The first-order valence-electron chi connectivity index (χ1n) is 9.37. The topological polar surface area (TPSA) is 54.3 Å². The van der Waals surface area contributed by atoms with E-state index in [9.17, 15) is 9.18 Å². The van der Waals surface area contributed by atoms with Crippen molar-refractivity contribution in [3.63, 3.8) is 0 Å². The van der Waals surface area contributed by atoms with E-state index in [0.717, 1.165) is 25.1 Å². The monoisotopic (exact) mass is 397 g/mol. The van der Waals surface area contributed by atoms with Crippen molar-refractivity contribution < 1.29 is 9.29 Å². The maximum absolute atomic E-state index is 13.3. The second-order valence-corrected chi connectivity index (χ2v) is 7.40. The van der Waals surface area contributed by atoms with Gasteiger partial charge in [0.2, 0.25) is 0 Å². The average molecular weight is 397 g/mol. The summed E-state index contributed by atoms with van der Waals surface area (Å²) in [6.45, 7) is 2.30. The van der Waals surface area contributed by atoms with Crippen LogP contribution in [0.1, 0.15) is 17.5 Å². The lowest BCUT2D eigenvalue weighted by Crippen LogP contribution is -3.12. The molecule has 0 saturated heterocycles. The fourth-order valence-corrected chi connectivity index (χ4v) is 3.93. The van der Waals surface area contributed by atoms with Gasteiger partial charge in [0.25, 0.3) is 5.56 Å². The molecule has 7 heteroatoms. The van der Waals surface area contributed by atoms with Crippen LogP contribution in [0.15, 0.2) is 59.4 Å². The van der Waals surface area contributed by atoms with Crippen molar-refractivity contribution >= 4 is 18.0 Å². The van der Waals surface area contributed by atoms with Crippen LogP contribution in [0.4, 0.5) is 10.2 Å². The fourth-order valence-electron chi connectivity index (χ4n) is 3.64. The number of hydrogen-bond acceptors (Lipinski definition) is 3. The standard InChI is InChI=1S/C21H21FN4OS/c22-16-8-10-17(11-9-16)26-19-18(20(27)24-21(26)28)13-25(14-23-19)12-4-7-15-5-2-1-3-6-15/h1-3,5-6,8-11,23H,4,7,12-14H2,(H,24,27,28)/p+1. The molecule has 0 amide bonds. The molecule has 1 aliphatic heterocycles. The van der Waals surface area contributed by atoms with Gasteiger partial charge in [-0.25, -0.2) is 4.39 Å². The molecule has 0 spiro atoms. The van der Waals surface area contributed by atoms with Crippen LogP contribution in [0.5, 0.6) is 0 Å². The molecule has 1 aliphatic rings. The highest BCUT2D eigenvalue weighted by Gasteiger charge is 2.25. The molecule has 3 aromatic rings. The number of halogens is 1. The van der Waals surface area contributed by atoms with Crippen molar-refractivity contribution in [2.75, 3.05) is 18.5 Å². The van der Waals surface area contributed by atoms with Crippen LogP contribution in [-0.4, -0.2) is 22.8 Å². The molecular formula is C21H22FN4OS+. The van der Waals surface area contributed by atoms with Crippen molar-refractivity contribution in [2.24, 2.45) is 0 Å². The number of aromatic amines is 1. The van der Waals surface area contributed by atoms with Gasteiger partial charge in [-0.3, -0.25) is 14.3 Å². The third-order valence-electron chi connectivity index (χ3n) is 5.06. The van der Waals surface area contributed by atoms with Gasteiger partial charge in [0, 0.05) is 12.1 Å². The number of nitrogens with zero attached hydrogens (tertiary/aromatic N) is 1. The lowest BCUT2D eigenvalue weighted by molar-refractivity contribution is -0.912. The number of hydrogen-bond donors (Lipinski definition) is 3. The second-order valence-electron chi connectivity index (χ2n) is 7.02. The summed E-state index contributed by atoms with van der Waals surface area (Å²) in [5.41, 5.74) is 2.57. The Kier molecular flexibility index (Phi) is 5.36. The summed E-state index contributed by atoms with van der Waals surface area (Å²) in [7, 11) is 0. The predicted molar refractivity (Wildman–Crippen MR) is 110 cm³/mol. The molecule has 2 heterocycles. The van der Waals surface area contributed by atoms with Gasteiger partial charge in [-0.05, 0) is 48.5 Å². The summed E-state index contributed by atoms with van der Waals surface area (Å²) >= 11 is 5.36. The number of nitrogens with one attached hydrogen (secondary N) is 3. The molecule has 1 unspecified atom stereocenters. The zero-order valence-electron chi connectivity index (χ0n) is 15.4. The van der Waals surface area contributed by atoms with Gasteiger partial charge in [-0.2, -0.15) is 0 Å². The van der Waals surface area contributed by atoms with E-state index in [4.69, 9.17) is 12.2 Å². The number of aromatic nitrogens is 2. The molecule has 1 atom stereocenters. The first kappa shape index (κ1) is 18.6. The lowest BCUT2D eigenvalue weighted by Gasteiger charge is -2.28. The van der Waals surface area contributed by atoms with Crippen LogP contribution >= 0.6 is 12.2 Å². The normalized spacial score (nSPS) is 15.7. The molecule has 0 aliphatic carbocycles. The predicted octanol–water partition coefficient (Wildman–Crippen LogP) is 2.43. The van der Waals surface area contributed by atoms with Gasteiger partial charge in [-0.1, -0.05) is 30.3 Å². The van der Waals surface area contributed by atoms with Gasteiger partial charge in [-0.15, -0.1) is 0 Å². The first-order chi connectivity index (χ1) is 13.6. The Bertz CT molecular complexity index is 1080. The molecule has 0 bridgehead atoms. The number of fused-ring (bicyclic) bond motifs is 1. The van der Waals surface area contributed by atoms with E-state index in [-0.39, 0.29) is 11.4 Å². The molecular weight excluding hydrogens is 375 g/mol. The Morgan fingerprint density at radius 3 is 2.61 bits per heavy atom. The van der Waals surface area contributed by atoms with Gasteiger partial charge in [0.15, 0.2) is 11.4 Å². The minimum Gasteiger partial charge on any atom is -0.324 e. The Labute approximate surface area is 167 Å². The van der Waals surface area contributed by atoms with E-state index in [1.54, 1.807) is 16.7 Å². The van der Waals surface area contributed by atoms with E-state index in [0.29, 0.717) is 29.4 Å². The third kappa shape index (κ3) is 3.90. The lowest BCUT2D eigenvalue weighted by atomic mass is 10.1. The summed E-state index contributed by atoms with van der Waals surface area (Å²) in [5.74, 6) is 0.391. The Morgan fingerprint density at radius 2 is 1.86 bits per heavy atom. The maximum Gasteiger partial charge on any atom is 0.262 e. The fraction of sp³-hybridized carbons (Fsp3) is 0.238. The highest BCUT2D eigenvalue weighted by molar-refractivity contribution is 7.71. The molecule has 1 aromatic heterocycles. The summed E-state index contributed by atoms with van der Waals surface area (Å²) in [6, 6.07) is 16.5. The van der Waals surface area contributed by atoms with Crippen LogP contribution < -0.4 is 15.8 Å². The van der Waals surface area contributed by atoms with E-state index in [1.807, 2.05) is 6.07 Å². The van der Waals surface area contributed by atoms with Gasteiger partial charge >= 0.3 is 0 Å². The molecule has 4 rings (SSSR count). The van der Waals surface area contributed by atoms with Crippen LogP contribution in [0.2, 0.25) is 0 Å². The molecule has 0 saturated carbocycles. The number of aryl methyl sites for hydroxylation is 1. The van der Waals surface area contributed by atoms with Crippen LogP contribution in [0, 0.1) is 10.6 Å². The minimum absolute atomic E-state index is 0.161.